The number of azide groups is 1. The van der Waals surface area contributed by atoms with Crippen LogP contribution in [0.15, 0.2) is 5.11 Å². The smallest absolute Gasteiger partial charge is 0.389 e. The molecule has 8 heteroatoms. The van der Waals surface area contributed by atoms with Crippen LogP contribution in [0.4, 0.5) is 13.2 Å². The Morgan fingerprint density at radius 1 is 1.20 bits per heavy atom. The van der Waals surface area contributed by atoms with E-state index in [1.54, 1.807) is 0 Å². The Morgan fingerprint density at radius 2 is 1.76 bits per heavy atom. The van der Waals surface area contributed by atoms with Crippen molar-refractivity contribution in [1.82, 2.24) is 0 Å². The summed E-state index contributed by atoms with van der Waals surface area (Å²) in [6.07, 6.45) is 1.27. The predicted molar refractivity (Wildman–Crippen MR) is 84.4 cm³/mol. The standard InChI is InChI=1S/C17H24F3N3O2/c18-17(19,20)10-14(22-23-21)2-1-3-25-15(24)16-7-11-4-12(8-16)6-13(5-11)9-16/h11-14H,1-10H2. The van der Waals surface area contributed by atoms with E-state index in [0.717, 1.165) is 19.3 Å². The molecular weight excluding hydrogens is 335 g/mol. The monoisotopic (exact) mass is 359 g/mol. The third kappa shape index (κ3) is 4.40. The molecule has 0 spiro atoms. The van der Waals surface area contributed by atoms with Crippen molar-refractivity contribution in [2.75, 3.05) is 6.61 Å². The van der Waals surface area contributed by atoms with Crippen LogP contribution in [0.1, 0.15) is 57.8 Å². The first-order valence-electron chi connectivity index (χ1n) is 9.08. The second-order valence-corrected chi connectivity index (χ2v) is 8.15. The van der Waals surface area contributed by atoms with Crippen molar-refractivity contribution in [2.24, 2.45) is 28.3 Å². The van der Waals surface area contributed by atoms with E-state index in [1.807, 2.05) is 0 Å². The Hall–Kier alpha value is -1.43. The van der Waals surface area contributed by atoms with Gasteiger partial charge in [0.05, 0.1) is 18.4 Å². The van der Waals surface area contributed by atoms with Crippen LogP contribution in [0.25, 0.3) is 10.4 Å². The quantitative estimate of drug-likeness (QED) is 0.207. The van der Waals surface area contributed by atoms with Crippen LogP contribution < -0.4 is 0 Å². The highest BCUT2D eigenvalue weighted by molar-refractivity contribution is 5.77. The minimum Gasteiger partial charge on any atom is -0.465 e. The number of hydrogen-bond donors (Lipinski definition) is 0. The maximum absolute atomic E-state index is 12.6. The van der Waals surface area contributed by atoms with Gasteiger partial charge >= 0.3 is 12.1 Å². The zero-order chi connectivity index (χ0) is 18.1. The third-order valence-electron chi connectivity index (χ3n) is 6.07. The average molecular weight is 359 g/mol. The molecule has 4 rings (SSSR count). The minimum absolute atomic E-state index is 0.0672. The number of halogens is 3. The molecule has 0 radical (unpaired) electrons. The first kappa shape index (κ1) is 18.4. The normalized spacial score (nSPS) is 34.4. The van der Waals surface area contributed by atoms with Crippen molar-refractivity contribution in [3.63, 3.8) is 0 Å². The van der Waals surface area contributed by atoms with Gasteiger partial charge in [-0.2, -0.15) is 13.2 Å². The van der Waals surface area contributed by atoms with E-state index in [2.05, 4.69) is 10.0 Å². The molecule has 1 unspecified atom stereocenters. The average Bonchev–Trinajstić information content (AvgIpc) is 2.48. The van der Waals surface area contributed by atoms with Gasteiger partial charge in [-0.15, -0.1) is 0 Å². The summed E-state index contributed by atoms with van der Waals surface area (Å²) >= 11 is 0. The van der Waals surface area contributed by atoms with E-state index in [4.69, 9.17) is 10.3 Å². The zero-order valence-electron chi connectivity index (χ0n) is 14.2. The number of hydrogen-bond acceptors (Lipinski definition) is 3. The van der Waals surface area contributed by atoms with Gasteiger partial charge in [-0.25, -0.2) is 0 Å². The topological polar surface area (TPSA) is 75.1 Å². The van der Waals surface area contributed by atoms with Crippen molar-refractivity contribution in [3.8, 4) is 0 Å². The summed E-state index contributed by atoms with van der Waals surface area (Å²) in [7, 11) is 0. The van der Waals surface area contributed by atoms with Crippen molar-refractivity contribution in [3.05, 3.63) is 10.4 Å². The molecule has 0 saturated heterocycles. The van der Waals surface area contributed by atoms with Crippen LogP contribution in [0.2, 0.25) is 0 Å². The fourth-order valence-electron chi connectivity index (χ4n) is 5.54. The van der Waals surface area contributed by atoms with Crippen LogP contribution in [-0.2, 0) is 9.53 Å². The first-order chi connectivity index (χ1) is 11.8. The van der Waals surface area contributed by atoms with Crippen LogP contribution in [-0.4, -0.2) is 24.8 Å². The van der Waals surface area contributed by atoms with Crippen molar-refractivity contribution in [2.45, 2.75) is 70.0 Å². The molecule has 0 N–H and O–H groups in total. The molecule has 140 valence electrons. The summed E-state index contributed by atoms with van der Waals surface area (Å²) in [5.74, 6) is 1.75. The third-order valence-corrected chi connectivity index (χ3v) is 6.07. The first-order valence-corrected chi connectivity index (χ1v) is 9.08. The van der Waals surface area contributed by atoms with Gasteiger partial charge in [0.2, 0.25) is 0 Å². The molecule has 0 aromatic heterocycles. The largest absolute Gasteiger partial charge is 0.465 e. The minimum atomic E-state index is -4.37. The Balaban J connectivity index is 1.46. The molecule has 4 aliphatic rings. The van der Waals surface area contributed by atoms with Gasteiger partial charge in [-0.05, 0) is 74.7 Å². The molecule has 4 fully saturated rings. The van der Waals surface area contributed by atoms with E-state index >= 15 is 0 Å². The number of carbonyl (C=O) groups is 1. The molecule has 0 heterocycles. The van der Waals surface area contributed by atoms with Crippen molar-refractivity contribution >= 4 is 5.97 Å². The van der Waals surface area contributed by atoms with Gasteiger partial charge in [-0.3, -0.25) is 4.79 Å². The highest BCUT2D eigenvalue weighted by Gasteiger charge is 2.55. The Morgan fingerprint density at radius 3 is 2.24 bits per heavy atom. The molecule has 0 aromatic rings. The summed E-state index contributed by atoms with van der Waals surface area (Å²) in [6, 6.07) is -1.14. The van der Waals surface area contributed by atoms with E-state index in [-0.39, 0.29) is 30.8 Å². The lowest BCUT2D eigenvalue weighted by Gasteiger charge is -2.55. The predicted octanol–water partition coefficient (Wildman–Crippen LogP) is 5.16. The fourth-order valence-corrected chi connectivity index (χ4v) is 5.54. The molecule has 4 saturated carbocycles. The van der Waals surface area contributed by atoms with Gasteiger partial charge < -0.3 is 4.74 Å². The number of alkyl halides is 3. The Bertz CT molecular complexity index is 523. The molecule has 0 aromatic carbocycles. The van der Waals surface area contributed by atoms with Crippen LogP contribution >= 0.6 is 0 Å². The number of ether oxygens (including phenoxy) is 1. The highest BCUT2D eigenvalue weighted by atomic mass is 19.4. The summed E-state index contributed by atoms with van der Waals surface area (Å²) in [5.41, 5.74) is 8.04. The summed E-state index contributed by atoms with van der Waals surface area (Å²) in [5, 5.41) is 3.20. The second-order valence-electron chi connectivity index (χ2n) is 8.15. The molecule has 1 atom stereocenters. The maximum atomic E-state index is 12.6. The van der Waals surface area contributed by atoms with Gasteiger partial charge in [0.15, 0.2) is 0 Å². The van der Waals surface area contributed by atoms with Crippen molar-refractivity contribution in [1.29, 1.82) is 0 Å². The Kier molecular flexibility index (Phi) is 5.19. The lowest BCUT2D eigenvalue weighted by molar-refractivity contribution is -0.171. The fraction of sp³-hybridized carbons (Fsp3) is 0.941. The number of nitrogens with zero attached hydrogens (tertiary/aromatic N) is 3. The lowest BCUT2D eigenvalue weighted by atomic mass is 9.49. The second kappa shape index (κ2) is 7.06. The van der Waals surface area contributed by atoms with Gasteiger partial charge in [0.25, 0.3) is 0 Å². The molecule has 5 nitrogen and oxygen atoms in total. The van der Waals surface area contributed by atoms with Crippen LogP contribution in [0.3, 0.4) is 0 Å². The van der Waals surface area contributed by atoms with Crippen LogP contribution in [0, 0.1) is 23.2 Å². The van der Waals surface area contributed by atoms with Crippen LogP contribution in [0.5, 0.6) is 0 Å². The van der Waals surface area contributed by atoms with E-state index in [1.165, 1.54) is 19.3 Å². The molecule has 0 aliphatic heterocycles. The molecule has 25 heavy (non-hydrogen) atoms. The Labute approximate surface area is 144 Å². The molecule has 4 bridgehead atoms. The molecule has 4 aliphatic carbocycles. The van der Waals surface area contributed by atoms with Gasteiger partial charge in [-0.1, -0.05) is 5.11 Å². The summed E-state index contributed by atoms with van der Waals surface area (Å²) in [6.45, 7) is 0.0931. The van der Waals surface area contributed by atoms with Gasteiger partial charge in [0, 0.05) is 11.0 Å². The molecule has 0 amide bonds. The summed E-state index contributed by atoms with van der Waals surface area (Å²) in [4.78, 5) is 15.1. The molecular formula is C17H24F3N3O2. The van der Waals surface area contributed by atoms with E-state index < -0.39 is 18.6 Å². The van der Waals surface area contributed by atoms with Crippen molar-refractivity contribution < 1.29 is 22.7 Å². The lowest BCUT2D eigenvalue weighted by Crippen LogP contribution is -2.50. The SMILES string of the molecule is [N-]=[N+]=NC(CCCOC(=O)C12CC3CC(CC(C3)C1)C2)CC(F)(F)F. The summed E-state index contributed by atoms with van der Waals surface area (Å²) < 4.78 is 42.7. The van der Waals surface area contributed by atoms with Gasteiger partial charge in [0.1, 0.15) is 0 Å². The number of carbonyl (C=O) groups excluding carboxylic acids is 1. The van der Waals surface area contributed by atoms with E-state index in [9.17, 15) is 18.0 Å². The van der Waals surface area contributed by atoms with E-state index in [0.29, 0.717) is 17.8 Å². The zero-order valence-corrected chi connectivity index (χ0v) is 14.2. The maximum Gasteiger partial charge on any atom is 0.389 e. The number of rotatable bonds is 7. The number of esters is 1. The highest BCUT2D eigenvalue weighted by Crippen LogP contribution is 2.60.